The summed E-state index contributed by atoms with van der Waals surface area (Å²) < 4.78 is 62.2. The Kier molecular flexibility index (Phi) is 6.80. The topological polar surface area (TPSA) is 100 Å². The van der Waals surface area contributed by atoms with Crippen molar-refractivity contribution in [2.45, 2.75) is 37.3 Å². The van der Waals surface area contributed by atoms with Crippen molar-refractivity contribution in [2.75, 3.05) is 17.4 Å². The van der Waals surface area contributed by atoms with Gasteiger partial charge in [0, 0.05) is 43.1 Å². The number of likely N-dealkylation sites (tertiary alicyclic amines) is 1. The number of aromatic nitrogens is 1. The molecule has 1 saturated heterocycles. The van der Waals surface area contributed by atoms with Gasteiger partial charge < -0.3 is 9.84 Å². The van der Waals surface area contributed by atoms with Crippen LogP contribution in [0.25, 0.3) is 0 Å². The highest BCUT2D eigenvalue weighted by atomic mass is 32.2. The van der Waals surface area contributed by atoms with Crippen molar-refractivity contribution in [3.8, 4) is 5.75 Å². The molecular formula is C23H23F2N3O5S2. The summed E-state index contributed by atoms with van der Waals surface area (Å²) in [5.74, 6) is -3.48. The van der Waals surface area contributed by atoms with E-state index in [-0.39, 0.29) is 15.6 Å². The number of thiazole rings is 1. The van der Waals surface area contributed by atoms with Crippen LogP contribution in [-0.2, 0) is 16.6 Å². The van der Waals surface area contributed by atoms with Gasteiger partial charge in [-0.15, -0.1) is 15.6 Å². The molecule has 1 atom stereocenters. The molecule has 0 radical (unpaired) electrons. The van der Waals surface area contributed by atoms with Gasteiger partial charge in [-0.2, -0.15) is 0 Å². The lowest BCUT2D eigenvalue weighted by Gasteiger charge is -2.28. The molecule has 0 aliphatic carbocycles. The van der Waals surface area contributed by atoms with Gasteiger partial charge in [-0.3, -0.25) is 4.90 Å². The fourth-order valence-corrected chi connectivity index (χ4v) is 6.09. The van der Waals surface area contributed by atoms with Crippen molar-refractivity contribution in [2.24, 2.45) is 0 Å². The summed E-state index contributed by atoms with van der Waals surface area (Å²) in [5.41, 5.74) is 1.34. The Morgan fingerprint density at radius 2 is 2.03 bits per heavy atom. The zero-order valence-corrected chi connectivity index (χ0v) is 20.6. The van der Waals surface area contributed by atoms with E-state index in [0.717, 1.165) is 28.3 Å². The lowest BCUT2D eigenvalue weighted by molar-refractivity contribution is 0.0930. The Hall–Kier alpha value is -3.09. The van der Waals surface area contributed by atoms with Crippen molar-refractivity contribution in [1.82, 2.24) is 9.88 Å². The number of hydrogen-bond acceptors (Lipinski definition) is 7. The molecule has 2 heterocycles. The van der Waals surface area contributed by atoms with Crippen molar-refractivity contribution in [3.05, 3.63) is 70.1 Å². The lowest BCUT2D eigenvalue weighted by atomic mass is 10.1. The van der Waals surface area contributed by atoms with Gasteiger partial charge in [0.05, 0.1) is 5.51 Å². The SMILES string of the molecule is Cc1c(OC2(C)CCN(Cc3ccccc3)C2)cc(F)c(S(=O)(=O)N(C(=O)O)c2cscn2)c1F. The predicted octanol–water partition coefficient (Wildman–Crippen LogP) is 4.65. The quantitative estimate of drug-likeness (QED) is 0.481. The van der Waals surface area contributed by atoms with Crippen LogP contribution in [0.5, 0.6) is 5.75 Å². The molecule has 2 aromatic carbocycles. The van der Waals surface area contributed by atoms with Crippen molar-refractivity contribution >= 4 is 33.3 Å². The van der Waals surface area contributed by atoms with Gasteiger partial charge in [0.25, 0.3) is 10.0 Å². The van der Waals surface area contributed by atoms with Crippen LogP contribution in [0.1, 0.15) is 24.5 Å². The third-order valence-corrected chi connectivity index (χ3v) is 8.08. The van der Waals surface area contributed by atoms with E-state index in [4.69, 9.17) is 4.74 Å². The molecule has 1 aromatic heterocycles. The first-order valence-corrected chi connectivity index (χ1v) is 13.0. The van der Waals surface area contributed by atoms with E-state index in [0.29, 0.717) is 26.1 Å². The minimum Gasteiger partial charge on any atom is -0.486 e. The molecule has 1 amide bonds. The number of hydrogen-bond donors (Lipinski definition) is 1. The van der Waals surface area contributed by atoms with Gasteiger partial charge in [-0.05, 0) is 19.4 Å². The second-order valence-electron chi connectivity index (χ2n) is 8.52. The molecule has 0 spiro atoms. The Labute approximate surface area is 205 Å². The van der Waals surface area contributed by atoms with Crippen molar-refractivity contribution in [1.29, 1.82) is 0 Å². The monoisotopic (exact) mass is 523 g/mol. The van der Waals surface area contributed by atoms with Gasteiger partial charge in [-0.25, -0.2) is 27.0 Å². The van der Waals surface area contributed by atoms with Crippen molar-refractivity contribution in [3.63, 3.8) is 0 Å². The zero-order valence-electron chi connectivity index (χ0n) is 18.9. The van der Waals surface area contributed by atoms with Crippen LogP contribution in [0.3, 0.4) is 0 Å². The van der Waals surface area contributed by atoms with Crippen LogP contribution in [0.4, 0.5) is 19.4 Å². The number of rotatable bonds is 7. The summed E-state index contributed by atoms with van der Waals surface area (Å²) in [6, 6.07) is 10.6. The van der Waals surface area contributed by atoms with E-state index >= 15 is 8.78 Å². The number of carbonyl (C=O) groups is 1. The maximum Gasteiger partial charge on any atom is 0.427 e. The first-order valence-electron chi connectivity index (χ1n) is 10.6. The zero-order chi connectivity index (χ0) is 25.4. The van der Waals surface area contributed by atoms with Crippen molar-refractivity contribution < 1.29 is 31.8 Å². The summed E-state index contributed by atoms with van der Waals surface area (Å²) in [4.78, 5) is 16.1. The second kappa shape index (κ2) is 9.51. The van der Waals surface area contributed by atoms with Gasteiger partial charge >= 0.3 is 6.09 Å². The standard InChI is InChI=1S/C23H23F2N3O5S2/c1-15-18(33-23(2)8-9-27(13-23)11-16-6-4-3-5-7-16)10-17(24)21(20(15)25)35(31,32)28(22(29)30)19-12-34-14-26-19/h3-7,10,12,14H,8-9,11,13H2,1-2H3,(H,29,30). The number of benzene rings is 2. The molecule has 8 nitrogen and oxygen atoms in total. The molecule has 4 rings (SSSR count). The smallest absolute Gasteiger partial charge is 0.427 e. The molecule has 1 N–H and O–H groups in total. The molecule has 186 valence electrons. The molecule has 35 heavy (non-hydrogen) atoms. The minimum absolute atomic E-state index is 0.140. The Balaban J connectivity index is 1.61. The molecule has 1 fully saturated rings. The average molecular weight is 524 g/mol. The fourth-order valence-electron chi connectivity index (χ4n) is 4.09. The number of carboxylic acid groups (broad SMARTS) is 1. The van der Waals surface area contributed by atoms with Gasteiger partial charge in [-0.1, -0.05) is 30.3 Å². The second-order valence-corrected chi connectivity index (χ2v) is 11.0. The van der Waals surface area contributed by atoms with E-state index in [1.807, 2.05) is 37.3 Å². The maximum atomic E-state index is 15.3. The number of sulfonamides is 1. The number of halogens is 2. The normalized spacial score (nSPS) is 18.5. The fraction of sp³-hybridized carbons (Fsp3) is 0.304. The number of nitrogens with zero attached hydrogens (tertiary/aromatic N) is 3. The summed E-state index contributed by atoms with van der Waals surface area (Å²) in [5, 5.41) is 10.6. The van der Waals surface area contributed by atoms with E-state index in [2.05, 4.69) is 9.88 Å². The molecule has 3 aromatic rings. The third-order valence-electron chi connectivity index (χ3n) is 5.79. The van der Waals surface area contributed by atoms with Gasteiger partial charge in [0.15, 0.2) is 16.5 Å². The molecule has 1 unspecified atom stereocenters. The highest BCUT2D eigenvalue weighted by Gasteiger charge is 2.40. The summed E-state index contributed by atoms with van der Waals surface area (Å²) >= 11 is 0.936. The first-order chi connectivity index (χ1) is 16.5. The Bertz CT molecular complexity index is 1340. The highest BCUT2D eigenvalue weighted by molar-refractivity contribution is 7.93. The Morgan fingerprint density at radius 1 is 1.31 bits per heavy atom. The number of ether oxygens (including phenoxy) is 1. The van der Waals surface area contributed by atoms with E-state index < -0.39 is 44.1 Å². The number of anilines is 1. The Morgan fingerprint density at radius 3 is 2.66 bits per heavy atom. The van der Waals surface area contributed by atoms with Crippen LogP contribution in [-0.4, -0.2) is 48.2 Å². The molecule has 12 heteroatoms. The van der Waals surface area contributed by atoms with E-state index in [1.54, 1.807) is 0 Å². The first kappa shape index (κ1) is 25.0. The summed E-state index contributed by atoms with van der Waals surface area (Å²) in [7, 11) is -5.15. The highest BCUT2D eigenvalue weighted by Crippen LogP contribution is 2.36. The maximum absolute atomic E-state index is 15.3. The van der Waals surface area contributed by atoms with Crippen LogP contribution in [0.15, 0.2) is 52.2 Å². The average Bonchev–Trinajstić information content (AvgIpc) is 3.42. The molecule has 1 aliphatic rings. The van der Waals surface area contributed by atoms with E-state index in [9.17, 15) is 18.3 Å². The van der Waals surface area contributed by atoms with Gasteiger partial charge in [0.2, 0.25) is 0 Å². The summed E-state index contributed by atoms with van der Waals surface area (Å²) in [6.45, 7) is 4.99. The largest absolute Gasteiger partial charge is 0.486 e. The van der Waals surface area contributed by atoms with Crippen LogP contribution < -0.4 is 9.04 Å². The van der Waals surface area contributed by atoms with Gasteiger partial charge in [0.1, 0.15) is 17.2 Å². The third kappa shape index (κ3) is 5.00. The molecular weight excluding hydrogens is 500 g/mol. The molecule has 1 aliphatic heterocycles. The van der Waals surface area contributed by atoms with Crippen LogP contribution >= 0.6 is 11.3 Å². The molecule has 0 saturated carbocycles. The minimum atomic E-state index is -5.15. The molecule has 0 bridgehead atoms. The lowest BCUT2D eigenvalue weighted by Crippen LogP contribution is -2.38. The number of amides is 1. The van der Waals surface area contributed by atoms with Crippen LogP contribution in [0, 0.1) is 18.6 Å². The van der Waals surface area contributed by atoms with E-state index in [1.165, 1.54) is 12.4 Å². The van der Waals surface area contributed by atoms with Crippen LogP contribution in [0.2, 0.25) is 0 Å². The summed E-state index contributed by atoms with van der Waals surface area (Å²) in [6.07, 6.45) is -1.34. The predicted molar refractivity (Wildman–Crippen MR) is 126 cm³/mol.